The van der Waals surface area contributed by atoms with E-state index in [1.165, 1.54) is 6.42 Å². The molecule has 1 saturated carbocycles. The molecule has 6 heteroatoms. The molecule has 1 aliphatic heterocycles. The number of likely N-dealkylation sites (tertiary alicyclic amines) is 1. The molecule has 1 aromatic rings. The summed E-state index contributed by atoms with van der Waals surface area (Å²) in [5.74, 6) is 0.848. The van der Waals surface area contributed by atoms with Crippen molar-refractivity contribution < 1.29 is 19.1 Å². The molecule has 0 radical (unpaired) electrons. The number of amides is 2. The molecule has 1 unspecified atom stereocenters. The monoisotopic (exact) mass is 388 g/mol. The predicted molar refractivity (Wildman–Crippen MR) is 108 cm³/mol. The van der Waals surface area contributed by atoms with Gasteiger partial charge in [0, 0.05) is 25.4 Å². The Labute approximate surface area is 167 Å². The van der Waals surface area contributed by atoms with Gasteiger partial charge in [0.1, 0.15) is 11.4 Å². The Balaban J connectivity index is 1.50. The SMILES string of the molecule is CCCOC(C)(C(=O)Nc1ccc(OCC(=O)N2CCCCC2)cc1)C1CC1. The van der Waals surface area contributed by atoms with Crippen LogP contribution in [0, 0.1) is 5.92 Å². The Kier molecular flexibility index (Phi) is 6.94. The third-order valence-corrected chi connectivity index (χ3v) is 5.60. The number of carbonyl (C=O) groups is 2. The van der Waals surface area contributed by atoms with Gasteiger partial charge < -0.3 is 19.7 Å². The molecule has 1 atom stereocenters. The summed E-state index contributed by atoms with van der Waals surface area (Å²) in [6, 6.07) is 7.15. The lowest BCUT2D eigenvalue weighted by Crippen LogP contribution is -2.45. The molecule has 3 rings (SSSR count). The fraction of sp³-hybridized carbons (Fsp3) is 0.636. The lowest BCUT2D eigenvalue weighted by molar-refractivity contribution is -0.142. The number of nitrogens with zero attached hydrogens (tertiary/aromatic N) is 1. The van der Waals surface area contributed by atoms with Gasteiger partial charge in [-0.1, -0.05) is 6.92 Å². The highest BCUT2D eigenvalue weighted by molar-refractivity contribution is 5.97. The summed E-state index contributed by atoms with van der Waals surface area (Å²) in [4.78, 5) is 26.8. The first-order valence-electron chi connectivity index (χ1n) is 10.5. The van der Waals surface area contributed by atoms with E-state index < -0.39 is 5.60 Å². The predicted octanol–water partition coefficient (Wildman–Crippen LogP) is 3.61. The van der Waals surface area contributed by atoms with Crippen molar-refractivity contribution in [3.05, 3.63) is 24.3 Å². The molecule has 2 amide bonds. The Morgan fingerprint density at radius 3 is 2.43 bits per heavy atom. The maximum Gasteiger partial charge on any atom is 0.260 e. The number of piperidine rings is 1. The normalized spacial score (nSPS) is 19.0. The van der Waals surface area contributed by atoms with Crippen molar-refractivity contribution in [2.75, 3.05) is 31.6 Å². The van der Waals surface area contributed by atoms with Gasteiger partial charge in [0.25, 0.3) is 11.8 Å². The molecular formula is C22H32N2O4. The van der Waals surface area contributed by atoms with E-state index in [1.807, 2.05) is 18.7 Å². The summed E-state index contributed by atoms with van der Waals surface area (Å²) in [5.41, 5.74) is -0.0712. The van der Waals surface area contributed by atoms with Gasteiger partial charge in [-0.05, 0) is 75.6 Å². The largest absolute Gasteiger partial charge is 0.484 e. The summed E-state index contributed by atoms with van der Waals surface area (Å²) in [5, 5.41) is 2.96. The number of anilines is 1. The maximum atomic E-state index is 12.8. The topological polar surface area (TPSA) is 67.9 Å². The van der Waals surface area contributed by atoms with Crippen LogP contribution in [0.3, 0.4) is 0 Å². The van der Waals surface area contributed by atoms with Crippen molar-refractivity contribution in [3.8, 4) is 5.75 Å². The zero-order valence-electron chi connectivity index (χ0n) is 17.0. The first kappa shape index (κ1) is 20.6. The van der Waals surface area contributed by atoms with Crippen LogP contribution in [0.5, 0.6) is 5.75 Å². The molecule has 1 N–H and O–H groups in total. The average Bonchev–Trinajstić information content (AvgIpc) is 3.57. The van der Waals surface area contributed by atoms with Gasteiger partial charge in [-0.3, -0.25) is 9.59 Å². The van der Waals surface area contributed by atoms with E-state index in [0.29, 0.717) is 24.0 Å². The second-order valence-corrected chi connectivity index (χ2v) is 7.94. The van der Waals surface area contributed by atoms with Gasteiger partial charge in [-0.15, -0.1) is 0 Å². The molecule has 1 aliphatic carbocycles. The van der Waals surface area contributed by atoms with E-state index in [1.54, 1.807) is 24.3 Å². The molecule has 28 heavy (non-hydrogen) atoms. The van der Waals surface area contributed by atoms with Crippen molar-refractivity contribution >= 4 is 17.5 Å². The quantitative estimate of drug-likeness (QED) is 0.702. The number of ether oxygens (including phenoxy) is 2. The first-order chi connectivity index (χ1) is 13.5. The average molecular weight is 389 g/mol. The first-order valence-corrected chi connectivity index (χ1v) is 10.5. The summed E-state index contributed by atoms with van der Waals surface area (Å²) < 4.78 is 11.5. The van der Waals surface area contributed by atoms with Crippen molar-refractivity contribution in [2.24, 2.45) is 5.92 Å². The minimum atomic E-state index is -0.772. The number of hydrogen-bond donors (Lipinski definition) is 1. The number of rotatable bonds is 9. The summed E-state index contributed by atoms with van der Waals surface area (Å²) in [6.07, 6.45) is 6.29. The third-order valence-electron chi connectivity index (χ3n) is 5.60. The fourth-order valence-corrected chi connectivity index (χ4v) is 3.59. The van der Waals surface area contributed by atoms with E-state index >= 15 is 0 Å². The van der Waals surface area contributed by atoms with Crippen molar-refractivity contribution in [2.45, 2.75) is 58.0 Å². The van der Waals surface area contributed by atoms with Crippen LogP contribution in [-0.2, 0) is 14.3 Å². The number of benzene rings is 1. The lowest BCUT2D eigenvalue weighted by atomic mass is 9.98. The summed E-state index contributed by atoms with van der Waals surface area (Å²) in [6.45, 7) is 6.22. The Morgan fingerprint density at radius 1 is 1.14 bits per heavy atom. The van der Waals surface area contributed by atoms with Crippen LogP contribution in [0.1, 0.15) is 52.4 Å². The Bertz CT molecular complexity index is 666. The molecule has 6 nitrogen and oxygen atoms in total. The van der Waals surface area contributed by atoms with Crippen LogP contribution in [0.15, 0.2) is 24.3 Å². The number of carbonyl (C=O) groups excluding carboxylic acids is 2. The van der Waals surface area contributed by atoms with Crippen LogP contribution in [0.4, 0.5) is 5.69 Å². The van der Waals surface area contributed by atoms with E-state index in [0.717, 1.165) is 45.2 Å². The van der Waals surface area contributed by atoms with Crippen LogP contribution in [0.2, 0.25) is 0 Å². The highest BCUT2D eigenvalue weighted by Gasteiger charge is 2.48. The maximum absolute atomic E-state index is 12.8. The van der Waals surface area contributed by atoms with Gasteiger partial charge in [0.05, 0.1) is 0 Å². The molecule has 0 spiro atoms. The molecule has 1 heterocycles. The van der Waals surface area contributed by atoms with Gasteiger partial charge in [0.2, 0.25) is 0 Å². The smallest absolute Gasteiger partial charge is 0.260 e. The highest BCUT2D eigenvalue weighted by Crippen LogP contribution is 2.42. The molecule has 2 aliphatic rings. The zero-order valence-corrected chi connectivity index (χ0v) is 17.0. The third kappa shape index (κ3) is 5.25. The fourth-order valence-electron chi connectivity index (χ4n) is 3.59. The summed E-state index contributed by atoms with van der Waals surface area (Å²) in [7, 11) is 0. The molecule has 154 valence electrons. The summed E-state index contributed by atoms with van der Waals surface area (Å²) >= 11 is 0. The van der Waals surface area contributed by atoms with Crippen LogP contribution >= 0.6 is 0 Å². The minimum Gasteiger partial charge on any atom is -0.484 e. The second-order valence-electron chi connectivity index (χ2n) is 7.94. The van der Waals surface area contributed by atoms with Gasteiger partial charge in [-0.2, -0.15) is 0 Å². The highest BCUT2D eigenvalue weighted by atomic mass is 16.5. The molecule has 0 bridgehead atoms. The zero-order chi connectivity index (χ0) is 20.0. The van der Waals surface area contributed by atoms with Crippen LogP contribution in [0.25, 0.3) is 0 Å². The van der Waals surface area contributed by atoms with Crippen molar-refractivity contribution in [1.82, 2.24) is 4.90 Å². The number of nitrogens with one attached hydrogen (secondary N) is 1. The lowest BCUT2D eigenvalue weighted by Gasteiger charge is -2.28. The molecule has 1 saturated heterocycles. The second kappa shape index (κ2) is 9.41. The van der Waals surface area contributed by atoms with Gasteiger partial charge in [-0.25, -0.2) is 0 Å². The molecule has 0 aromatic heterocycles. The van der Waals surface area contributed by atoms with Gasteiger partial charge in [0.15, 0.2) is 6.61 Å². The van der Waals surface area contributed by atoms with E-state index in [4.69, 9.17) is 9.47 Å². The van der Waals surface area contributed by atoms with E-state index in [9.17, 15) is 9.59 Å². The minimum absolute atomic E-state index is 0.0327. The molecule has 2 fully saturated rings. The van der Waals surface area contributed by atoms with Crippen molar-refractivity contribution in [1.29, 1.82) is 0 Å². The van der Waals surface area contributed by atoms with Crippen LogP contribution in [-0.4, -0.2) is 48.6 Å². The van der Waals surface area contributed by atoms with E-state index in [-0.39, 0.29) is 18.4 Å². The Hall–Kier alpha value is -2.08. The van der Waals surface area contributed by atoms with Crippen LogP contribution < -0.4 is 10.1 Å². The molecular weight excluding hydrogens is 356 g/mol. The molecule has 1 aromatic carbocycles. The van der Waals surface area contributed by atoms with E-state index in [2.05, 4.69) is 5.32 Å². The van der Waals surface area contributed by atoms with Gasteiger partial charge >= 0.3 is 0 Å². The number of hydrogen-bond acceptors (Lipinski definition) is 4. The standard InChI is InChI=1S/C22H32N2O4/c1-3-15-28-22(2,17-7-8-17)21(26)23-18-9-11-19(12-10-18)27-16-20(25)24-13-5-4-6-14-24/h9-12,17H,3-8,13-16H2,1-2H3,(H,23,26). The van der Waals surface area contributed by atoms with Crippen molar-refractivity contribution in [3.63, 3.8) is 0 Å². The Morgan fingerprint density at radius 2 is 1.82 bits per heavy atom.